The third-order valence-corrected chi connectivity index (χ3v) is 4.34. The predicted molar refractivity (Wildman–Crippen MR) is 67.2 cm³/mol. The van der Waals surface area contributed by atoms with E-state index in [4.69, 9.17) is 0 Å². The van der Waals surface area contributed by atoms with Crippen molar-refractivity contribution < 1.29 is 0 Å². The standard InChI is InChI=1S/C10H16BrN3S/c1-12-8-2-4-14(5-3-8)7-10-13-6-9(11)15-10/h6,8,12H,2-5,7H2,1H3. The number of piperidine rings is 1. The molecule has 0 aromatic carbocycles. The van der Waals surface area contributed by atoms with Crippen LogP contribution >= 0.6 is 27.3 Å². The normalized spacial score (nSPS) is 19.6. The molecule has 0 saturated carbocycles. The maximum absolute atomic E-state index is 4.36. The summed E-state index contributed by atoms with van der Waals surface area (Å²) in [5.74, 6) is 0. The van der Waals surface area contributed by atoms with Gasteiger partial charge < -0.3 is 5.32 Å². The van der Waals surface area contributed by atoms with Gasteiger partial charge in [0.1, 0.15) is 5.01 Å². The number of rotatable bonds is 3. The van der Waals surface area contributed by atoms with Crippen molar-refractivity contribution in [2.75, 3.05) is 20.1 Å². The van der Waals surface area contributed by atoms with Crippen molar-refractivity contribution >= 4 is 27.3 Å². The van der Waals surface area contributed by atoms with Gasteiger partial charge in [0.25, 0.3) is 0 Å². The van der Waals surface area contributed by atoms with Gasteiger partial charge in [-0.25, -0.2) is 4.98 Å². The Bertz CT molecular complexity index is 307. The molecule has 1 fully saturated rings. The van der Waals surface area contributed by atoms with E-state index in [2.05, 4.69) is 38.2 Å². The molecule has 0 aliphatic carbocycles. The van der Waals surface area contributed by atoms with E-state index in [1.165, 1.54) is 30.9 Å². The number of thiazole rings is 1. The summed E-state index contributed by atoms with van der Waals surface area (Å²) in [6, 6.07) is 0.712. The van der Waals surface area contributed by atoms with Crippen molar-refractivity contribution in [1.82, 2.24) is 15.2 Å². The first-order chi connectivity index (χ1) is 7.28. The lowest BCUT2D eigenvalue weighted by Gasteiger charge is -2.30. The van der Waals surface area contributed by atoms with Crippen LogP contribution in [0.2, 0.25) is 0 Å². The van der Waals surface area contributed by atoms with Crippen LogP contribution in [0.1, 0.15) is 17.8 Å². The Hall–Kier alpha value is 0.0300. The summed E-state index contributed by atoms with van der Waals surface area (Å²) in [6.07, 6.45) is 4.40. The summed E-state index contributed by atoms with van der Waals surface area (Å²) >= 11 is 5.18. The van der Waals surface area contributed by atoms with Gasteiger partial charge in [-0.1, -0.05) is 0 Å². The highest BCUT2D eigenvalue weighted by atomic mass is 79.9. The molecular formula is C10H16BrN3S. The molecule has 1 aromatic rings. The maximum Gasteiger partial charge on any atom is 0.108 e. The van der Waals surface area contributed by atoms with Crippen LogP contribution in [0.5, 0.6) is 0 Å². The van der Waals surface area contributed by atoms with Crippen molar-refractivity contribution in [2.45, 2.75) is 25.4 Å². The molecule has 1 saturated heterocycles. The van der Waals surface area contributed by atoms with Gasteiger partial charge in [0, 0.05) is 19.1 Å². The summed E-state index contributed by atoms with van der Waals surface area (Å²) in [4.78, 5) is 6.85. The molecule has 1 aromatic heterocycles. The Balaban J connectivity index is 1.82. The van der Waals surface area contributed by atoms with E-state index in [-0.39, 0.29) is 0 Å². The monoisotopic (exact) mass is 289 g/mol. The van der Waals surface area contributed by atoms with Crippen molar-refractivity contribution in [3.8, 4) is 0 Å². The van der Waals surface area contributed by atoms with E-state index in [9.17, 15) is 0 Å². The van der Waals surface area contributed by atoms with Gasteiger partial charge in [0.15, 0.2) is 0 Å². The minimum absolute atomic E-state index is 0.712. The number of halogens is 1. The second kappa shape index (κ2) is 5.39. The molecule has 1 N–H and O–H groups in total. The second-order valence-electron chi connectivity index (χ2n) is 3.90. The number of likely N-dealkylation sites (tertiary alicyclic amines) is 1. The van der Waals surface area contributed by atoms with Crippen LogP contribution in [0.4, 0.5) is 0 Å². The molecule has 2 rings (SSSR count). The van der Waals surface area contributed by atoms with E-state index in [1.807, 2.05) is 6.20 Å². The number of hydrogen-bond acceptors (Lipinski definition) is 4. The van der Waals surface area contributed by atoms with Crippen LogP contribution in [-0.4, -0.2) is 36.1 Å². The zero-order valence-electron chi connectivity index (χ0n) is 8.87. The minimum atomic E-state index is 0.712. The van der Waals surface area contributed by atoms with E-state index in [1.54, 1.807) is 11.3 Å². The molecule has 0 spiro atoms. The van der Waals surface area contributed by atoms with Gasteiger partial charge in [0.05, 0.1) is 16.5 Å². The van der Waals surface area contributed by atoms with Gasteiger partial charge >= 0.3 is 0 Å². The smallest absolute Gasteiger partial charge is 0.108 e. The van der Waals surface area contributed by atoms with Gasteiger partial charge in [-0.2, -0.15) is 0 Å². The first kappa shape index (κ1) is 11.5. The molecule has 15 heavy (non-hydrogen) atoms. The van der Waals surface area contributed by atoms with E-state index in [0.717, 1.165) is 10.3 Å². The molecule has 0 unspecified atom stereocenters. The molecule has 1 aliphatic rings. The molecule has 2 heterocycles. The second-order valence-corrected chi connectivity index (χ2v) is 6.39. The lowest BCUT2D eigenvalue weighted by atomic mass is 10.1. The van der Waals surface area contributed by atoms with Crippen LogP contribution in [0, 0.1) is 0 Å². The van der Waals surface area contributed by atoms with Crippen molar-refractivity contribution in [3.63, 3.8) is 0 Å². The minimum Gasteiger partial charge on any atom is -0.317 e. The van der Waals surface area contributed by atoms with E-state index in [0.29, 0.717) is 6.04 Å². The van der Waals surface area contributed by atoms with Crippen molar-refractivity contribution in [1.29, 1.82) is 0 Å². The molecular weight excluding hydrogens is 274 g/mol. The fourth-order valence-corrected chi connectivity index (χ4v) is 3.28. The third kappa shape index (κ3) is 3.24. The van der Waals surface area contributed by atoms with Crippen molar-refractivity contribution in [2.24, 2.45) is 0 Å². The fourth-order valence-electron chi connectivity index (χ4n) is 1.93. The average molecular weight is 290 g/mol. The van der Waals surface area contributed by atoms with Gasteiger partial charge in [-0.05, 0) is 35.8 Å². The first-order valence-electron chi connectivity index (χ1n) is 5.28. The Morgan fingerprint density at radius 2 is 2.33 bits per heavy atom. The number of hydrogen-bond donors (Lipinski definition) is 1. The zero-order chi connectivity index (χ0) is 10.7. The Labute approximate surface area is 103 Å². The van der Waals surface area contributed by atoms with Crippen LogP contribution in [0.3, 0.4) is 0 Å². The topological polar surface area (TPSA) is 28.2 Å². The first-order valence-corrected chi connectivity index (χ1v) is 6.88. The highest BCUT2D eigenvalue weighted by molar-refractivity contribution is 9.11. The number of aromatic nitrogens is 1. The zero-order valence-corrected chi connectivity index (χ0v) is 11.3. The number of nitrogens with one attached hydrogen (secondary N) is 1. The lowest BCUT2D eigenvalue weighted by molar-refractivity contribution is 0.194. The molecule has 3 nitrogen and oxygen atoms in total. The van der Waals surface area contributed by atoms with Crippen LogP contribution < -0.4 is 5.32 Å². The number of nitrogens with zero attached hydrogens (tertiary/aromatic N) is 2. The molecule has 84 valence electrons. The largest absolute Gasteiger partial charge is 0.317 e. The van der Waals surface area contributed by atoms with Crippen molar-refractivity contribution in [3.05, 3.63) is 15.0 Å². The summed E-state index contributed by atoms with van der Waals surface area (Å²) in [5.41, 5.74) is 0. The summed E-state index contributed by atoms with van der Waals surface area (Å²) in [5, 5.41) is 4.56. The molecule has 0 atom stereocenters. The molecule has 5 heteroatoms. The summed E-state index contributed by atoms with van der Waals surface area (Å²) in [7, 11) is 2.05. The Morgan fingerprint density at radius 1 is 1.60 bits per heavy atom. The summed E-state index contributed by atoms with van der Waals surface area (Å²) in [6.45, 7) is 3.37. The van der Waals surface area contributed by atoms with Crippen LogP contribution in [0.15, 0.2) is 9.98 Å². The SMILES string of the molecule is CNC1CCN(Cc2ncc(Br)s2)CC1. The highest BCUT2D eigenvalue weighted by Gasteiger charge is 2.18. The highest BCUT2D eigenvalue weighted by Crippen LogP contribution is 2.21. The van der Waals surface area contributed by atoms with E-state index < -0.39 is 0 Å². The Kier molecular flexibility index (Phi) is 4.13. The average Bonchev–Trinajstić information content (AvgIpc) is 2.65. The third-order valence-electron chi connectivity index (χ3n) is 2.88. The van der Waals surface area contributed by atoms with E-state index >= 15 is 0 Å². The van der Waals surface area contributed by atoms with Crippen LogP contribution in [-0.2, 0) is 6.54 Å². The molecule has 0 radical (unpaired) electrons. The fraction of sp³-hybridized carbons (Fsp3) is 0.700. The summed E-state index contributed by atoms with van der Waals surface area (Å²) < 4.78 is 1.13. The molecule has 0 bridgehead atoms. The van der Waals surface area contributed by atoms with Gasteiger partial charge in [-0.15, -0.1) is 11.3 Å². The molecule has 0 amide bonds. The van der Waals surface area contributed by atoms with Crippen LogP contribution in [0.25, 0.3) is 0 Å². The molecule has 1 aliphatic heterocycles. The Morgan fingerprint density at radius 3 is 2.87 bits per heavy atom. The quantitative estimate of drug-likeness (QED) is 0.924. The lowest BCUT2D eigenvalue weighted by Crippen LogP contribution is -2.40. The van der Waals surface area contributed by atoms with Gasteiger partial charge in [0.2, 0.25) is 0 Å². The predicted octanol–water partition coefficient (Wildman–Crippen LogP) is 2.09. The van der Waals surface area contributed by atoms with Gasteiger partial charge in [-0.3, -0.25) is 4.90 Å². The maximum atomic E-state index is 4.36.